The van der Waals surface area contributed by atoms with Crippen LogP contribution in [0.2, 0.25) is 0 Å². The Morgan fingerprint density at radius 3 is 2.38 bits per heavy atom. The highest BCUT2D eigenvalue weighted by Gasteiger charge is 2.42. The van der Waals surface area contributed by atoms with E-state index in [2.05, 4.69) is 5.10 Å². The van der Waals surface area contributed by atoms with Crippen LogP contribution in [0.3, 0.4) is 0 Å². The van der Waals surface area contributed by atoms with Crippen molar-refractivity contribution in [3.05, 3.63) is 47.8 Å². The Bertz CT molecular complexity index is 915. The van der Waals surface area contributed by atoms with Crippen LogP contribution >= 0.6 is 0 Å². The Kier molecular flexibility index (Phi) is 3.57. The molecule has 0 spiro atoms. The van der Waals surface area contributed by atoms with Gasteiger partial charge in [0.05, 0.1) is 28.9 Å². The van der Waals surface area contributed by atoms with Crippen molar-refractivity contribution in [1.82, 2.24) is 14.8 Å². The lowest BCUT2D eigenvalue weighted by atomic mass is 10.1. The van der Waals surface area contributed by atoms with Crippen molar-refractivity contribution >= 4 is 29.4 Å². The first-order chi connectivity index (χ1) is 12.5. The number of rotatable bonds is 3. The van der Waals surface area contributed by atoms with Crippen molar-refractivity contribution < 1.29 is 24.0 Å². The fraction of sp³-hybridized carbons (Fsp3) is 0.235. The van der Waals surface area contributed by atoms with E-state index in [-0.39, 0.29) is 30.0 Å². The van der Waals surface area contributed by atoms with Gasteiger partial charge in [0.15, 0.2) is 0 Å². The summed E-state index contributed by atoms with van der Waals surface area (Å²) in [6, 6.07) is 6.23. The van der Waals surface area contributed by atoms with Crippen molar-refractivity contribution in [3.8, 4) is 0 Å². The fourth-order valence-corrected chi connectivity index (χ4v) is 3.08. The average molecular weight is 354 g/mol. The number of amides is 3. The van der Waals surface area contributed by atoms with Crippen LogP contribution < -0.4 is 4.90 Å². The van der Waals surface area contributed by atoms with Crippen molar-refractivity contribution in [1.29, 1.82) is 0 Å². The molecule has 1 fully saturated rings. The summed E-state index contributed by atoms with van der Waals surface area (Å²) in [7, 11) is 1.72. The van der Waals surface area contributed by atoms with Gasteiger partial charge in [0.25, 0.3) is 11.8 Å². The summed E-state index contributed by atoms with van der Waals surface area (Å²) in [4.78, 5) is 55.5. The number of carbonyl (C=O) groups excluding carboxylic acids is 4. The lowest BCUT2D eigenvalue weighted by Crippen LogP contribution is -2.36. The van der Waals surface area contributed by atoms with Gasteiger partial charge >= 0.3 is 5.97 Å². The molecule has 3 heterocycles. The normalized spacial score (nSPS) is 19.3. The molecule has 0 aliphatic carbocycles. The van der Waals surface area contributed by atoms with Gasteiger partial charge in [-0.3, -0.25) is 19.1 Å². The lowest BCUT2D eigenvalue weighted by molar-refractivity contribution is -0.173. The number of hydroxylamine groups is 2. The fourth-order valence-electron chi connectivity index (χ4n) is 3.08. The smallest absolute Gasteiger partial charge is 0.329 e. The minimum absolute atomic E-state index is 0.0586. The SMILES string of the molecule is Cn1cc(N2CC(C(=O)ON3C(=O)c4ccccc4C3=O)CC2=O)cn1. The van der Waals surface area contributed by atoms with E-state index in [4.69, 9.17) is 4.84 Å². The Labute approximate surface area is 147 Å². The van der Waals surface area contributed by atoms with Gasteiger partial charge in [0.2, 0.25) is 5.91 Å². The molecule has 132 valence electrons. The van der Waals surface area contributed by atoms with E-state index in [1.165, 1.54) is 23.2 Å². The van der Waals surface area contributed by atoms with Gasteiger partial charge in [-0.15, -0.1) is 0 Å². The summed E-state index contributed by atoms with van der Waals surface area (Å²) in [6.45, 7) is 0.104. The zero-order chi connectivity index (χ0) is 18.4. The molecule has 0 radical (unpaired) electrons. The van der Waals surface area contributed by atoms with Crippen LogP contribution in [-0.2, 0) is 21.5 Å². The standard InChI is InChI=1S/C17H14N4O5/c1-19-9-11(7-18-19)20-8-10(6-14(20)22)17(25)26-21-15(23)12-4-2-3-5-13(12)16(21)24/h2-5,7,9-10H,6,8H2,1H3. The molecule has 0 N–H and O–H groups in total. The third-order valence-corrected chi connectivity index (χ3v) is 4.40. The summed E-state index contributed by atoms with van der Waals surface area (Å²) < 4.78 is 1.55. The van der Waals surface area contributed by atoms with Gasteiger partial charge in [-0.05, 0) is 12.1 Å². The second-order valence-electron chi connectivity index (χ2n) is 6.14. The molecule has 1 saturated heterocycles. The lowest BCUT2D eigenvalue weighted by Gasteiger charge is -2.16. The van der Waals surface area contributed by atoms with Crippen molar-refractivity contribution in [2.24, 2.45) is 13.0 Å². The number of hydrogen-bond donors (Lipinski definition) is 0. The third kappa shape index (κ3) is 2.44. The monoisotopic (exact) mass is 354 g/mol. The highest BCUT2D eigenvalue weighted by molar-refractivity contribution is 6.21. The Hall–Kier alpha value is -3.49. The Morgan fingerprint density at radius 2 is 1.81 bits per heavy atom. The molecule has 0 saturated carbocycles. The predicted molar refractivity (Wildman–Crippen MR) is 86.7 cm³/mol. The molecule has 1 atom stereocenters. The second kappa shape index (κ2) is 5.80. The summed E-state index contributed by atoms with van der Waals surface area (Å²) in [6.07, 6.45) is 3.13. The summed E-state index contributed by atoms with van der Waals surface area (Å²) >= 11 is 0. The maximum absolute atomic E-state index is 12.4. The average Bonchev–Trinajstić information content (AvgIpc) is 3.29. The van der Waals surface area contributed by atoms with E-state index >= 15 is 0 Å². The molecule has 9 nitrogen and oxygen atoms in total. The van der Waals surface area contributed by atoms with Crippen molar-refractivity contribution in [2.75, 3.05) is 11.4 Å². The van der Waals surface area contributed by atoms with Crippen LogP contribution in [0, 0.1) is 5.92 Å². The van der Waals surface area contributed by atoms with Crippen molar-refractivity contribution in [3.63, 3.8) is 0 Å². The van der Waals surface area contributed by atoms with E-state index in [1.54, 1.807) is 30.1 Å². The first-order valence-electron chi connectivity index (χ1n) is 7.94. The number of hydrogen-bond acceptors (Lipinski definition) is 6. The van der Waals surface area contributed by atoms with E-state index in [9.17, 15) is 19.2 Å². The van der Waals surface area contributed by atoms with Crippen LogP contribution in [0.15, 0.2) is 36.7 Å². The summed E-state index contributed by atoms with van der Waals surface area (Å²) in [5, 5.41) is 4.46. The Morgan fingerprint density at radius 1 is 1.15 bits per heavy atom. The molecule has 1 unspecified atom stereocenters. The molecule has 1 aromatic heterocycles. The molecule has 26 heavy (non-hydrogen) atoms. The van der Waals surface area contributed by atoms with E-state index < -0.39 is 23.7 Å². The molecule has 2 aliphatic heterocycles. The quantitative estimate of drug-likeness (QED) is 0.745. The maximum Gasteiger partial charge on any atom is 0.338 e. The molecule has 2 aromatic rings. The number of fused-ring (bicyclic) bond motifs is 1. The minimum Gasteiger partial charge on any atom is -0.329 e. The predicted octanol–water partition coefficient (Wildman–Crippen LogP) is 0.527. The van der Waals surface area contributed by atoms with Gasteiger partial charge in [-0.1, -0.05) is 17.2 Å². The number of aryl methyl sites for hydroxylation is 1. The Balaban J connectivity index is 1.47. The number of carbonyl (C=O) groups is 4. The number of nitrogens with zero attached hydrogens (tertiary/aromatic N) is 4. The summed E-state index contributed by atoms with van der Waals surface area (Å²) in [5.41, 5.74) is 0.947. The number of anilines is 1. The van der Waals surface area contributed by atoms with E-state index in [0.717, 1.165) is 0 Å². The molecule has 3 amide bonds. The van der Waals surface area contributed by atoms with Crippen LogP contribution in [0.1, 0.15) is 27.1 Å². The van der Waals surface area contributed by atoms with Crippen LogP contribution in [-0.4, -0.2) is 45.1 Å². The highest BCUT2D eigenvalue weighted by Crippen LogP contribution is 2.27. The molecule has 0 bridgehead atoms. The molecular formula is C17H14N4O5. The molecule has 9 heteroatoms. The van der Waals surface area contributed by atoms with Gasteiger partial charge < -0.3 is 9.74 Å². The topological polar surface area (TPSA) is 102 Å². The zero-order valence-corrected chi connectivity index (χ0v) is 13.8. The molecular weight excluding hydrogens is 340 g/mol. The first kappa shape index (κ1) is 16.0. The van der Waals surface area contributed by atoms with Crippen LogP contribution in [0.25, 0.3) is 0 Å². The van der Waals surface area contributed by atoms with Crippen LogP contribution in [0.4, 0.5) is 5.69 Å². The van der Waals surface area contributed by atoms with Gasteiger partial charge in [0, 0.05) is 26.2 Å². The number of imide groups is 1. The minimum atomic E-state index is -0.792. The molecule has 2 aliphatic rings. The van der Waals surface area contributed by atoms with Gasteiger partial charge in [-0.25, -0.2) is 4.79 Å². The van der Waals surface area contributed by atoms with Crippen molar-refractivity contribution in [2.45, 2.75) is 6.42 Å². The number of benzene rings is 1. The van der Waals surface area contributed by atoms with E-state index in [0.29, 0.717) is 10.8 Å². The first-order valence-corrected chi connectivity index (χ1v) is 7.94. The molecule has 1 aromatic carbocycles. The third-order valence-electron chi connectivity index (χ3n) is 4.40. The van der Waals surface area contributed by atoms with Gasteiger partial charge in [0.1, 0.15) is 0 Å². The largest absolute Gasteiger partial charge is 0.338 e. The zero-order valence-electron chi connectivity index (χ0n) is 13.8. The summed E-state index contributed by atoms with van der Waals surface area (Å²) in [5.74, 6) is -3.19. The molecule has 4 rings (SSSR count). The number of aromatic nitrogens is 2. The highest BCUT2D eigenvalue weighted by atomic mass is 16.7. The maximum atomic E-state index is 12.4. The second-order valence-corrected chi connectivity index (χ2v) is 6.14. The van der Waals surface area contributed by atoms with Gasteiger partial charge in [-0.2, -0.15) is 5.10 Å². The van der Waals surface area contributed by atoms with E-state index in [1.807, 2.05) is 0 Å². The van der Waals surface area contributed by atoms with Crippen LogP contribution in [0.5, 0.6) is 0 Å².